The summed E-state index contributed by atoms with van der Waals surface area (Å²) in [7, 11) is 0. The van der Waals surface area contributed by atoms with E-state index >= 15 is 0 Å². The Kier molecular flexibility index (Phi) is 4.79. The Balaban J connectivity index is 1.92. The number of hydrogen-bond acceptors (Lipinski definition) is 1. The van der Waals surface area contributed by atoms with Gasteiger partial charge in [0.05, 0.1) is 0 Å². The van der Waals surface area contributed by atoms with E-state index in [4.69, 9.17) is 0 Å². The van der Waals surface area contributed by atoms with Crippen molar-refractivity contribution in [3.8, 4) is 0 Å². The molecule has 20 heavy (non-hydrogen) atoms. The van der Waals surface area contributed by atoms with Gasteiger partial charge in [-0.2, -0.15) is 0 Å². The van der Waals surface area contributed by atoms with Crippen molar-refractivity contribution >= 4 is 0 Å². The molecule has 0 saturated carbocycles. The lowest BCUT2D eigenvalue weighted by Gasteiger charge is -2.14. The molecule has 0 fully saturated rings. The van der Waals surface area contributed by atoms with Crippen molar-refractivity contribution in [1.29, 1.82) is 0 Å². The Labute approximate surface area is 116 Å². The first kappa shape index (κ1) is 14.6. The lowest BCUT2D eigenvalue weighted by molar-refractivity contribution is 0.443. The Bertz CT molecular complexity index is 546. The van der Waals surface area contributed by atoms with Crippen molar-refractivity contribution in [2.24, 2.45) is 0 Å². The van der Waals surface area contributed by atoms with E-state index in [2.05, 4.69) is 5.32 Å². The van der Waals surface area contributed by atoms with Crippen LogP contribution in [0.3, 0.4) is 0 Å². The summed E-state index contributed by atoms with van der Waals surface area (Å²) < 4.78 is 39.0. The Hall–Kier alpha value is -1.81. The number of halogens is 3. The number of benzene rings is 2. The van der Waals surface area contributed by atoms with Gasteiger partial charge in [0.2, 0.25) is 0 Å². The lowest BCUT2D eigenvalue weighted by Crippen LogP contribution is -2.27. The summed E-state index contributed by atoms with van der Waals surface area (Å²) in [6.07, 6.45) is 0.812. The fraction of sp³-hybridized carbons (Fsp3) is 0.250. The van der Waals surface area contributed by atoms with Gasteiger partial charge >= 0.3 is 0 Å². The van der Waals surface area contributed by atoms with Crippen molar-refractivity contribution in [2.75, 3.05) is 0 Å². The molecule has 2 aromatic carbocycles. The predicted octanol–water partition coefficient (Wildman–Crippen LogP) is 3.82. The monoisotopic (exact) mass is 279 g/mol. The van der Waals surface area contributed by atoms with E-state index in [-0.39, 0.29) is 6.04 Å². The highest BCUT2D eigenvalue weighted by molar-refractivity contribution is 5.20. The zero-order valence-corrected chi connectivity index (χ0v) is 11.2. The first-order valence-corrected chi connectivity index (χ1v) is 6.47. The topological polar surface area (TPSA) is 12.0 Å². The van der Waals surface area contributed by atoms with Crippen LogP contribution >= 0.6 is 0 Å². The van der Waals surface area contributed by atoms with Crippen LogP contribution in [0.1, 0.15) is 18.1 Å². The molecule has 0 radical (unpaired) electrons. The number of hydrogen-bond donors (Lipinski definition) is 1. The van der Waals surface area contributed by atoms with Crippen molar-refractivity contribution in [3.63, 3.8) is 0 Å². The molecule has 0 saturated heterocycles. The van der Waals surface area contributed by atoms with E-state index in [0.29, 0.717) is 12.1 Å². The molecule has 1 unspecified atom stereocenters. The van der Waals surface area contributed by atoms with Crippen LogP contribution in [0.5, 0.6) is 0 Å². The molecule has 1 N–H and O–H groups in total. The van der Waals surface area contributed by atoms with Crippen LogP contribution in [0, 0.1) is 17.5 Å². The van der Waals surface area contributed by atoms with E-state index < -0.39 is 17.5 Å². The van der Waals surface area contributed by atoms with Crippen LogP contribution in [0.15, 0.2) is 42.5 Å². The van der Waals surface area contributed by atoms with Gasteiger partial charge in [-0.1, -0.05) is 30.3 Å². The fourth-order valence-electron chi connectivity index (χ4n) is 2.04. The molecule has 0 amide bonds. The summed E-state index contributed by atoms with van der Waals surface area (Å²) in [5.74, 6) is -3.74. The van der Waals surface area contributed by atoms with Gasteiger partial charge in [-0.25, -0.2) is 13.2 Å². The van der Waals surface area contributed by atoms with Crippen LogP contribution in [-0.4, -0.2) is 6.04 Å². The van der Waals surface area contributed by atoms with Crippen molar-refractivity contribution < 1.29 is 13.2 Å². The first-order chi connectivity index (χ1) is 9.56. The molecule has 0 aliphatic heterocycles. The van der Waals surface area contributed by atoms with Gasteiger partial charge in [-0.3, -0.25) is 0 Å². The molecule has 106 valence electrons. The van der Waals surface area contributed by atoms with Gasteiger partial charge in [0.1, 0.15) is 0 Å². The van der Waals surface area contributed by atoms with Crippen molar-refractivity contribution in [3.05, 3.63) is 71.0 Å². The first-order valence-electron chi connectivity index (χ1n) is 6.47. The standard InChI is InChI=1S/C16H16F3N/c1-11(7-12-5-3-2-4-6-12)20-10-13-8-14(17)16(19)15(18)9-13/h2-6,8-9,11,20H,7,10H2,1H3. The average Bonchev–Trinajstić information content (AvgIpc) is 2.43. The summed E-state index contributed by atoms with van der Waals surface area (Å²) in [5, 5.41) is 3.17. The van der Waals surface area contributed by atoms with Gasteiger partial charge in [-0.15, -0.1) is 0 Å². The highest BCUT2D eigenvalue weighted by Gasteiger charge is 2.11. The van der Waals surface area contributed by atoms with Gasteiger partial charge in [0, 0.05) is 12.6 Å². The quantitative estimate of drug-likeness (QED) is 0.820. The molecule has 0 heterocycles. The largest absolute Gasteiger partial charge is 0.310 e. The Morgan fingerprint density at radius 3 is 2.15 bits per heavy atom. The fourth-order valence-corrected chi connectivity index (χ4v) is 2.04. The third-order valence-corrected chi connectivity index (χ3v) is 3.08. The summed E-state index contributed by atoms with van der Waals surface area (Å²) >= 11 is 0. The zero-order chi connectivity index (χ0) is 14.5. The Morgan fingerprint density at radius 1 is 0.950 bits per heavy atom. The molecule has 0 aliphatic carbocycles. The molecular formula is C16H16F3N. The van der Waals surface area contributed by atoms with Crippen LogP contribution in [0.4, 0.5) is 13.2 Å². The molecule has 0 aromatic heterocycles. The third kappa shape index (κ3) is 3.84. The zero-order valence-electron chi connectivity index (χ0n) is 11.2. The van der Waals surface area contributed by atoms with E-state index in [1.165, 1.54) is 5.56 Å². The highest BCUT2D eigenvalue weighted by Crippen LogP contribution is 2.13. The maximum absolute atomic E-state index is 13.1. The minimum atomic E-state index is -1.42. The third-order valence-electron chi connectivity index (χ3n) is 3.08. The van der Waals surface area contributed by atoms with Crippen molar-refractivity contribution in [1.82, 2.24) is 5.32 Å². The molecule has 1 atom stereocenters. The van der Waals surface area contributed by atoms with Gasteiger partial charge in [0.15, 0.2) is 17.5 Å². The van der Waals surface area contributed by atoms with E-state index in [1.807, 2.05) is 37.3 Å². The van der Waals surface area contributed by atoms with Crippen LogP contribution in [0.25, 0.3) is 0 Å². The summed E-state index contributed by atoms with van der Waals surface area (Å²) in [6.45, 7) is 2.28. The minimum Gasteiger partial charge on any atom is -0.310 e. The second kappa shape index (κ2) is 6.57. The van der Waals surface area contributed by atoms with Crippen LogP contribution in [0.2, 0.25) is 0 Å². The van der Waals surface area contributed by atoms with E-state index in [0.717, 1.165) is 18.6 Å². The van der Waals surface area contributed by atoms with Gasteiger partial charge in [-0.05, 0) is 36.6 Å². The van der Waals surface area contributed by atoms with Crippen LogP contribution < -0.4 is 5.32 Å². The molecule has 0 bridgehead atoms. The number of nitrogens with one attached hydrogen (secondary N) is 1. The highest BCUT2D eigenvalue weighted by atomic mass is 19.2. The Morgan fingerprint density at radius 2 is 1.55 bits per heavy atom. The second-order valence-corrected chi connectivity index (χ2v) is 4.85. The summed E-state index contributed by atoms with van der Waals surface area (Å²) in [4.78, 5) is 0. The second-order valence-electron chi connectivity index (χ2n) is 4.85. The molecule has 0 aliphatic rings. The van der Waals surface area contributed by atoms with Gasteiger partial charge < -0.3 is 5.32 Å². The van der Waals surface area contributed by atoms with Gasteiger partial charge in [0.25, 0.3) is 0 Å². The number of rotatable bonds is 5. The smallest absolute Gasteiger partial charge is 0.194 e. The minimum absolute atomic E-state index is 0.147. The summed E-state index contributed by atoms with van der Waals surface area (Å²) in [6, 6.07) is 12.1. The van der Waals surface area contributed by atoms with Crippen LogP contribution in [-0.2, 0) is 13.0 Å². The normalized spacial score (nSPS) is 12.4. The SMILES string of the molecule is CC(Cc1ccccc1)NCc1cc(F)c(F)c(F)c1. The molecule has 2 rings (SSSR count). The maximum atomic E-state index is 13.1. The lowest BCUT2D eigenvalue weighted by atomic mass is 10.1. The molecule has 2 aromatic rings. The van der Waals surface area contributed by atoms with E-state index in [1.54, 1.807) is 0 Å². The molecular weight excluding hydrogens is 263 g/mol. The molecule has 1 nitrogen and oxygen atoms in total. The molecule has 4 heteroatoms. The predicted molar refractivity (Wildman–Crippen MR) is 72.8 cm³/mol. The summed E-state index contributed by atoms with van der Waals surface area (Å²) in [5.41, 5.74) is 1.57. The molecule has 0 spiro atoms. The average molecular weight is 279 g/mol. The van der Waals surface area contributed by atoms with Crippen molar-refractivity contribution in [2.45, 2.75) is 25.9 Å². The maximum Gasteiger partial charge on any atom is 0.194 e. The van der Waals surface area contributed by atoms with E-state index in [9.17, 15) is 13.2 Å².